The maximum absolute atomic E-state index is 11.5. The zero-order valence-electron chi connectivity index (χ0n) is 15.1. The van der Waals surface area contributed by atoms with Crippen molar-refractivity contribution in [2.75, 3.05) is 46.4 Å². The maximum Gasteiger partial charge on any atom is 0.220 e. The fourth-order valence-corrected chi connectivity index (χ4v) is 3.24. The van der Waals surface area contributed by atoms with Crippen molar-refractivity contribution in [3.05, 3.63) is 11.6 Å². The lowest BCUT2D eigenvalue weighted by Gasteiger charge is -2.34. The molecular weight excluding hydrogens is 304 g/mol. The van der Waals surface area contributed by atoms with Crippen molar-refractivity contribution < 1.29 is 9.53 Å². The second kappa shape index (κ2) is 10.3. The Hall–Kier alpha value is -1.56. The third kappa shape index (κ3) is 6.15. The Labute approximate surface area is 145 Å². The number of guanidine groups is 1. The molecule has 0 aromatic carbocycles. The van der Waals surface area contributed by atoms with E-state index in [0.29, 0.717) is 12.3 Å². The summed E-state index contributed by atoms with van der Waals surface area (Å²) < 4.78 is 5.35. The summed E-state index contributed by atoms with van der Waals surface area (Å²) in [6, 6.07) is 0. The van der Waals surface area contributed by atoms with E-state index in [2.05, 4.69) is 28.5 Å². The topological polar surface area (TPSA) is 66.0 Å². The van der Waals surface area contributed by atoms with Gasteiger partial charge in [-0.1, -0.05) is 11.6 Å². The van der Waals surface area contributed by atoms with Crippen LogP contribution in [0, 0.1) is 5.92 Å². The Morgan fingerprint density at radius 3 is 2.83 bits per heavy atom. The molecule has 136 valence electrons. The van der Waals surface area contributed by atoms with Crippen LogP contribution in [0.4, 0.5) is 0 Å². The number of likely N-dealkylation sites (tertiary alicyclic amines) is 1. The first-order chi connectivity index (χ1) is 11.7. The van der Waals surface area contributed by atoms with Gasteiger partial charge in [-0.3, -0.25) is 9.79 Å². The molecule has 1 fully saturated rings. The summed E-state index contributed by atoms with van der Waals surface area (Å²) in [5.74, 6) is 1.67. The number of rotatable bonds is 6. The van der Waals surface area contributed by atoms with Crippen molar-refractivity contribution in [2.45, 2.75) is 39.0 Å². The van der Waals surface area contributed by atoms with Gasteiger partial charge in [-0.05, 0) is 38.5 Å². The molecule has 2 aliphatic rings. The molecule has 0 radical (unpaired) electrons. The Morgan fingerprint density at radius 2 is 2.21 bits per heavy atom. The molecule has 2 aliphatic heterocycles. The number of hydrogen-bond acceptors (Lipinski definition) is 3. The highest BCUT2D eigenvalue weighted by atomic mass is 16.5. The van der Waals surface area contributed by atoms with Gasteiger partial charge in [0, 0.05) is 39.6 Å². The summed E-state index contributed by atoms with van der Waals surface area (Å²) in [5, 5.41) is 6.13. The maximum atomic E-state index is 11.5. The lowest BCUT2D eigenvalue weighted by atomic mass is 9.93. The van der Waals surface area contributed by atoms with E-state index in [1.807, 2.05) is 0 Å². The summed E-state index contributed by atoms with van der Waals surface area (Å²) in [7, 11) is 1.71. The van der Waals surface area contributed by atoms with Gasteiger partial charge in [-0.2, -0.15) is 0 Å². The molecule has 2 rings (SSSR count). The average Bonchev–Trinajstić information content (AvgIpc) is 2.62. The Kier molecular flexibility index (Phi) is 8.08. The van der Waals surface area contributed by atoms with Gasteiger partial charge in [0.25, 0.3) is 0 Å². The SMILES string of the molecule is CCNC(=NCCC1=CCOCC1)N1CCC(CC(=O)NC)CC1. The molecule has 0 aromatic heterocycles. The van der Waals surface area contributed by atoms with E-state index >= 15 is 0 Å². The summed E-state index contributed by atoms with van der Waals surface area (Å²) >= 11 is 0. The number of amides is 1. The van der Waals surface area contributed by atoms with Crippen molar-refractivity contribution in [3.63, 3.8) is 0 Å². The van der Waals surface area contributed by atoms with Crippen molar-refractivity contribution in [1.82, 2.24) is 15.5 Å². The fourth-order valence-electron chi connectivity index (χ4n) is 3.24. The van der Waals surface area contributed by atoms with Gasteiger partial charge in [-0.15, -0.1) is 0 Å². The number of aliphatic imine (C=N–C) groups is 1. The molecule has 2 heterocycles. The molecule has 0 aliphatic carbocycles. The number of carbonyl (C=O) groups excluding carboxylic acids is 1. The van der Waals surface area contributed by atoms with E-state index in [1.54, 1.807) is 7.05 Å². The molecule has 1 amide bonds. The molecule has 6 heteroatoms. The van der Waals surface area contributed by atoms with Gasteiger partial charge in [0.2, 0.25) is 5.91 Å². The minimum absolute atomic E-state index is 0.152. The Balaban J connectivity index is 1.80. The quantitative estimate of drug-likeness (QED) is 0.439. The molecule has 24 heavy (non-hydrogen) atoms. The molecule has 0 bridgehead atoms. The molecule has 0 unspecified atom stereocenters. The molecular formula is C18H32N4O2. The molecule has 6 nitrogen and oxygen atoms in total. The highest BCUT2D eigenvalue weighted by Crippen LogP contribution is 2.20. The second-order valence-corrected chi connectivity index (χ2v) is 6.48. The molecule has 0 aromatic rings. The van der Waals surface area contributed by atoms with E-state index in [1.165, 1.54) is 5.57 Å². The average molecular weight is 336 g/mol. The van der Waals surface area contributed by atoms with Crippen molar-refractivity contribution in [2.24, 2.45) is 10.9 Å². The second-order valence-electron chi connectivity index (χ2n) is 6.48. The number of nitrogens with zero attached hydrogens (tertiary/aromatic N) is 2. The first-order valence-electron chi connectivity index (χ1n) is 9.22. The van der Waals surface area contributed by atoms with Crippen LogP contribution in [-0.2, 0) is 9.53 Å². The molecule has 1 saturated heterocycles. The zero-order valence-corrected chi connectivity index (χ0v) is 15.1. The third-order valence-electron chi connectivity index (χ3n) is 4.75. The van der Waals surface area contributed by atoms with E-state index in [9.17, 15) is 4.79 Å². The van der Waals surface area contributed by atoms with Crippen LogP contribution in [0.3, 0.4) is 0 Å². The minimum atomic E-state index is 0.152. The molecule has 2 N–H and O–H groups in total. The smallest absolute Gasteiger partial charge is 0.220 e. The first kappa shape index (κ1) is 18.8. The lowest BCUT2D eigenvalue weighted by Crippen LogP contribution is -2.46. The number of ether oxygens (including phenoxy) is 1. The van der Waals surface area contributed by atoms with Crippen LogP contribution in [0.15, 0.2) is 16.6 Å². The van der Waals surface area contributed by atoms with E-state index in [-0.39, 0.29) is 5.91 Å². The van der Waals surface area contributed by atoms with Crippen molar-refractivity contribution >= 4 is 11.9 Å². The lowest BCUT2D eigenvalue weighted by molar-refractivity contribution is -0.121. The largest absolute Gasteiger partial charge is 0.377 e. The van der Waals surface area contributed by atoms with E-state index in [0.717, 1.165) is 71.0 Å². The Bertz CT molecular complexity index is 454. The van der Waals surface area contributed by atoms with Crippen molar-refractivity contribution in [1.29, 1.82) is 0 Å². The van der Waals surface area contributed by atoms with Gasteiger partial charge in [0.1, 0.15) is 0 Å². The number of carbonyl (C=O) groups is 1. The normalized spacial score (nSPS) is 19.8. The van der Waals surface area contributed by atoms with Crippen LogP contribution >= 0.6 is 0 Å². The molecule has 0 atom stereocenters. The summed E-state index contributed by atoms with van der Waals surface area (Å²) in [5.41, 5.74) is 1.46. The predicted octanol–water partition coefficient (Wildman–Crippen LogP) is 1.54. The van der Waals surface area contributed by atoms with Crippen LogP contribution in [0.1, 0.15) is 39.0 Å². The molecule has 0 spiro atoms. The first-order valence-corrected chi connectivity index (χ1v) is 9.22. The highest BCUT2D eigenvalue weighted by Gasteiger charge is 2.23. The fraction of sp³-hybridized carbons (Fsp3) is 0.778. The summed E-state index contributed by atoms with van der Waals surface area (Å²) in [6.45, 7) is 7.36. The standard InChI is InChI=1S/C18H32N4O2/c1-3-20-18(21-9-4-15-7-12-24-13-8-15)22-10-5-16(6-11-22)14-17(23)19-2/h7,16H,3-6,8-14H2,1-2H3,(H,19,23)(H,20,21). The Morgan fingerprint density at radius 1 is 1.42 bits per heavy atom. The number of nitrogens with one attached hydrogen (secondary N) is 2. The summed E-state index contributed by atoms with van der Waals surface area (Å²) in [6.07, 6.45) is 7.01. The van der Waals surface area contributed by atoms with Gasteiger partial charge in [0.15, 0.2) is 5.96 Å². The van der Waals surface area contributed by atoms with Crippen LogP contribution in [-0.4, -0.2) is 63.2 Å². The van der Waals surface area contributed by atoms with Gasteiger partial charge >= 0.3 is 0 Å². The molecule has 0 saturated carbocycles. The van der Waals surface area contributed by atoms with Gasteiger partial charge in [0.05, 0.1) is 13.2 Å². The minimum Gasteiger partial charge on any atom is -0.377 e. The zero-order chi connectivity index (χ0) is 17.2. The number of piperidine rings is 1. The third-order valence-corrected chi connectivity index (χ3v) is 4.75. The number of hydrogen-bond donors (Lipinski definition) is 2. The van der Waals surface area contributed by atoms with Crippen LogP contribution in [0.2, 0.25) is 0 Å². The van der Waals surface area contributed by atoms with Crippen LogP contribution in [0.25, 0.3) is 0 Å². The monoisotopic (exact) mass is 336 g/mol. The van der Waals surface area contributed by atoms with Gasteiger partial charge < -0.3 is 20.3 Å². The van der Waals surface area contributed by atoms with Crippen LogP contribution in [0.5, 0.6) is 0 Å². The highest BCUT2D eigenvalue weighted by molar-refractivity contribution is 5.80. The summed E-state index contributed by atoms with van der Waals surface area (Å²) in [4.78, 5) is 18.7. The van der Waals surface area contributed by atoms with Crippen molar-refractivity contribution in [3.8, 4) is 0 Å². The predicted molar refractivity (Wildman–Crippen MR) is 97.1 cm³/mol. The van der Waals surface area contributed by atoms with E-state index < -0.39 is 0 Å². The van der Waals surface area contributed by atoms with Gasteiger partial charge in [-0.25, -0.2) is 0 Å². The van der Waals surface area contributed by atoms with E-state index in [4.69, 9.17) is 9.73 Å². The van der Waals surface area contributed by atoms with Crippen LogP contribution < -0.4 is 10.6 Å².